The van der Waals surface area contributed by atoms with Crippen molar-refractivity contribution in [2.45, 2.75) is 64.0 Å². The lowest BCUT2D eigenvalue weighted by Gasteiger charge is -2.40. The Balaban J connectivity index is 2.04. The van der Waals surface area contributed by atoms with Crippen LogP contribution in [0.3, 0.4) is 0 Å². The minimum Gasteiger partial charge on any atom is -0.338 e. The van der Waals surface area contributed by atoms with Crippen molar-refractivity contribution in [2.75, 3.05) is 6.54 Å². The topological polar surface area (TPSA) is 46.3 Å². The third-order valence-corrected chi connectivity index (χ3v) is 4.32. The molecule has 2 fully saturated rings. The number of carbonyl (C=O) groups is 1. The molecule has 1 saturated heterocycles. The van der Waals surface area contributed by atoms with E-state index >= 15 is 0 Å². The molecule has 1 amide bonds. The summed E-state index contributed by atoms with van der Waals surface area (Å²) in [4.78, 5) is 14.5. The first kappa shape index (κ1) is 11.9. The van der Waals surface area contributed by atoms with Gasteiger partial charge in [-0.05, 0) is 38.5 Å². The van der Waals surface area contributed by atoms with E-state index in [0.717, 1.165) is 51.0 Å². The largest absolute Gasteiger partial charge is 0.338 e. The summed E-state index contributed by atoms with van der Waals surface area (Å²) >= 11 is 0. The fourth-order valence-corrected chi connectivity index (χ4v) is 3.21. The van der Waals surface area contributed by atoms with Gasteiger partial charge >= 0.3 is 0 Å². The number of hydrogen-bond donors (Lipinski definition) is 1. The molecule has 3 nitrogen and oxygen atoms in total. The van der Waals surface area contributed by atoms with Gasteiger partial charge in [0.05, 0.1) is 5.54 Å². The van der Waals surface area contributed by atoms with Gasteiger partial charge in [0.15, 0.2) is 0 Å². The molecule has 2 aliphatic rings. The first-order valence-electron chi connectivity index (χ1n) is 6.63. The molecule has 2 N–H and O–H groups in total. The molecule has 1 heterocycles. The van der Waals surface area contributed by atoms with Gasteiger partial charge in [-0.3, -0.25) is 4.79 Å². The predicted molar refractivity (Wildman–Crippen MR) is 65.0 cm³/mol. The summed E-state index contributed by atoms with van der Waals surface area (Å²) < 4.78 is 0. The van der Waals surface area contributed by atoms with Crippen LogP contribution in [0.5, 0.6) is 0 Å². The molecular formula is C13H24N2O. The standard InChI is InChI=1S/C13H24N2O/c1-10-5-8-15(11(2)9-10)12(16)13(14)6-3-4-7-13/h10-11H,3-9,14H2,1-2H3. The van der Waals surface area contributed by atoms with Crippen molar-refractivity contribution in [3.8, 4) is 0 Å². The average molecular weight is 224 g/mol. The van der Waals surface area contributed by atoms with Crippen molar-refractivity contribution in [2.24, 2.45) is 11.7 Å². The number of nitrogens with two attached hydrogens (primary N) is 1. The van der Waals surface area contributed by atoms with Crippen LogP contribution < -0.4 is 5.73 Å². The summed E-state index contributed by atoms with van der Waals surface area (Å²) in [5.74, 6) is 0.959. The number of amides is 1. The van der Waals surface area contributed by atoms with Crippen LogP contribution in [0, 0.1) is 5.92 Å². The third-order valence-electron chi connectivity index (χ3n) is 4.32. The highest BCUT2D eigenvalue weighted by Crippen LogP contribution is 2.32. The molecule has 2 unspecified atom stereocenters. The van der Waals surface area contributed by atoms with Crippen LogP contribution in [-0.4, -0.2) is 28.9 Å². The molecule has 0 aromatic rings. The van der Waals surface area contributed by atoms with Gasteiger partial charge in [-0.25, -0.2) is 0 Å². The zero-order valence-corrected chi connectivity index (χ0v) is 10.5. The Morgan fingerprint density at radius 2 is 1.94 bits per heavy atom. The molecule has 1 aliphatic carbocycles. The second-order valence-corrected chi connectivity index (χ2v) is 5.84. The summed E-state index contributed by atoms with van der Waals surface area (Å²) in [5, 5.41) is 0. The van der Waals surface area contributed by atoms with Crippen molar-refractivity contribution in [1.82, 2.24) is 4.90 Å². The maximum absolute atomic E-state index is 12.4. The SMILES string of the molecule is CC1CCN(C(=O)C2(N)CCCC2)C(C)C1. The molecular weight excluding hydrogens is 200 g/mol. The summed E-state index contributed by atoms with van der Waals surface area (Å²) in [6.07, 6.45) is 6.24. The Kier molecular flexibility index (Phi) is 3.24. The van der Waals surface area contributed by atoms with Gasteiger partial charge in [0.25, 0.3) is 0 Å². The van der Waals surface area contributed by atoms with Gasteiger partial charge in [0, 0.05) is 12.6 Å². The first-order valence-corrected chi connectivity index (χ1v) is 6.63. The number of piperidine rings is 1. The summed E-state index contributed by atoms with van der Waals surface area (Å²) in [5.41, 5.74) is 5.71. The smallest absolute Gasteiger partial charge is 0.242 e. The maximum Gasteiger partial charge on any atom is 0.242 e. The Labute approximate surface area is 98.4 Å². The Morgan fingerprint density at radius 3 is 2.50 bits per heavy atom. The zero-order valence-electron chi connectivity index (χ0n) is 10.5. The van der Waals surface area contributed by atoms with E-state index in [9.17, 15) is 4.79 Å². The van der Waals surface area contributed by atoms with Crippen molar-refractivity contribution in [1.29, 1.82) is 0 Å². The minimum atomic E-state index is -0.533. The summed E-state index contributed by atoms with van der Waals surface area (Å²) in [7, 11) is 0. The fourth-order valence-electron chi connectivity index (χ4n) is 3.21. The Morgan fingerprint density at radius 1 is 1.31 bits per heavy atom. The molecule has 2 atom stereocenters. The number of carbonyl (C=O) groups excluding carboxylic acids is 1. The van der Waals surface area contributed by atoms with Crippen molar-refractivity contribution in [3.05, 3.63) is 0 Å². The molecule has 0 aromatic heterocycles. The van der Waals surface area contributed by atoms with E-state index in [0.29, 0.717) is 6.04 Å². The lowest BCUT2D eigenvalue weighted by Crippen LogP contribution is -2.57. The second kappa shape index (κ2) is 4.36. The monoisotopic (exact) mass is 224 g/mol. The lowest BCUT2D eigenvalue weighted by atomic mass is 9.89. The molecule has 0 aromatic carbocycles. The summed E-state index contributed by atoms with van der Waals surface area (Å²) in [6, 6.07) is 0.372. The number of rotatable bonds is 1. The minimum absolute atomic E-state index is 0.212. The number of likely N-dealkylation sites (tertiary alicyclic amines) is 1. The molecule has 92 valence electrons. The number of nitrogens with zero attached hydrogens (tertiary/aromatic N) is 1. The van der Waals surface area contributed by atoms with E-state index in [1.165, 1.54) is 0 Å². The Hall–Kier alpha value is -0.570. The molecule has 0 bridgehead atoms. The molecule has 1 saturated carbocycles. The predicted octanol–water partition coefficient (Wildman–Crippen LogP) is 1.90. The molecule has 3 heteroatoms. The molecule has 16 heavy (non-hydrogen) atoms. The molecule has 1 aliphatic heterocycles. The van der Waals surface area contributed by atoms with Gasteiger partial charge in [0.1, 0.15) is 0 Å². The average Bonchev–Trinajstić information content (AvgIpc) is 2.66. The van der Waals surface area contributed by atoms with E-state index in [1.54, 1.807) is 0 Å². The molecule has 0 spiro atoms. The van der Waals surface area contributed by atoms with E-state index in [-0.39, 0.29) is 5.91 Å². The van der Waals surface area contributed by atoms with Crippen molar-refractivity contribution >= 4 is 5.91 Å². The van der Waals surface area contributed by atoms with E-state index < -0.39 is 5.54 Å². The van der Waals surface area contributed by atoms with Gasteiger partial charge in [0.2, 0.25) is 5.91 Å². The van der Waals surface area contributed by atoms with Gasteiger partial charge in [-0.15, -0.1) is 0 Å². The Bertz CT molecular complexity index is 271. The van der Waals surface area contributed by atoms with Gasteiger partial charge in [-0.1, -0.05) is 19.8 Å². The lowest BCUT2D eigenvalue weighted by molar-refractivity contribution is -0.140. The molecule has 2 rings (SSSR count). The van der Waals surface area contributed by atoms with Crippen LogP contribution in [0.2, 0.25) is 0 Å². The fraction of sp³-hybridized carbons (Fsp3) is 0.923. The third kappa shape index (κ3) is 2.10. The van der Waals surface area contributed by atoms with Crippen molar-refractivity contribution < 1.29 is 4.79 Å². The second-order valence-electron chi connectivity index (χ2n) is 5.84. The highest BCUT2D eigenvalue weighted by Gasteiger charge is 2.42. The van der Waals surface area contributed by atoms with E-state index in [2.05, 4.69) is 13.8 Å². The van der Waals surface area contributed by atoms with Gasteiger partial charge < -0.3 is 10.6 Å². The number of hydrogen-bond acceptors (Lipinski definition) is 2. The summed E-state index contributed by atoms with van der Waals surface area (Å²) in [6.45, 7) is 5.33. The van der Waals surface area contributed by atoms with Crippen LogP contribution in [0.15, 0.2) is 0 Å². The van der Waals surface area contributed by atoms with Crippen molar-refractivity contribution in [3.63, 3.8) is 0 Å². The highest BCUT2D eigenvalue weighted by molar-refractivity contribution is 5.86. The van der Waals surface area contributed by atoms with Crippen LogP contribution in [-0.2, 0) is 4.79 Å². The van der Waals surface area contributed by atoms with Gasteiger partial charge in [-0.2, -0.15) is 0 Å². The maximum atomic E-state index is 12.4. The van der Waals surface area contributed by atoms with E-state index in [4.69, 9.17) is 5.73 Å². The molecule has 0 radical (unpaired) electrons. The van der Waals surface area contributed by atoms with Crippen LogP contribution >= 0.6 is 0 Å². The quantitative estimate of drug-likeness (QED) is 0.739. The normalized spacial score (nSPS) is 34.1. The zero-order chi connectivity index (χ0) is 11.8. The van der Waals surface area contributed by atoms with Crippen LogP contribution in [0.25, 0.3) is 0 Å². The first-order chi connectivity index (χ1) is 7.53. The van der Waals surface area contributed by atoms with Crippen LogP contribution in [0.1, 0.15) is 52.4 Å². The highest BCUT2D eigenvalue weighted by atomic mass is 16.2. The van der Waals surface area contributed by atoms with E-state index in [1.807, 2.05) is 4.90 Å². The van der Waals surface area contributed by atoms with Crippen LogP contribution in [0.4, 0.5) is 0 Å².